The number of aliphatic imine (C=N–C) groups is 2. The maximum Gasteiger partial charge on any atom is 0.342 e. The van der Waals surface area contributed by atoms with E-state index in [4.69, 9.17) is 19.5 Å². The molecule has 5 rings (SSSR count). The first-order chi connectivity index (χ1) is 23.7. The number of ether oxygens (including phenoxy) is 2. The summed E-state index contributed by atoms with van der Waals surface area (Å²) in [6, 6.07) is 34.1. The van der Waals surface area contributed by atoms with Crippen molar-refractivity contribution < 1.29 is 19.1 Å². The molecule has 8 nitrogen and oxygen atoms in total. The average molecular weight is 669 g/mol. The van der Waals surface area contributed by atoms with E-state index in [1.165, 1.54) is 0 Å². The van der Waals surface area contributed by atoms with Crippen molar-refractivity contribution in [2.24, 2.45) is 9.98 Å². The molecule has 0 unspecified atom stereocenters. The maximum absolute atomic E-state index is 14.2. The number of nitrogens with one attached hydrogen (secondary N) is 2. The first-order valence-corrected chi connectivity index (χ1v) is 16.6. The number of allylic oxidation sites excluding steroid dienone is 1. The van der Waals surface area contributed by atoms with Crippen LogP contribution in [-0.2, 0) is 19.1 Å². The minimum atomic E-state index is -0.766. The molecule has 4 aromatic rings. The van der Waals surface area contributed by atoms with Crippen molar-refractivity contribution in [2.75, 3.05) is 10.6 Å². The van der Waals surface area contributed by atoms with Gasteiger partial charge in [0.15, 0.2) is 0 Å². The minimum absolute atomic E-state index is 0.266. The summed E-state index contributed by atoms with van der Waals surface area (Å²) >= 11 is 0. The lowest BCUT2D eigenvalue weighted by molar-refractivity contribution is -0.150. The predicted molar refractivity (Wildman–Crippen MR) is 203 cm³/mol. The van der Waals surface area contributed by atoms with Gasteiger partial charge in [0.2, 0.25) is 0 Å². The Morgan fingerprint density at radius 3 is 1.52 bits per heavy atom. The number of hydrogen-bond acceptors (Lipinski definition) is 8. The van der Waals surface area contributed by atoms with Crippen molar-refractivity contribution in [3.8, 4) is 0 Å². The second-order valence-corrected chi connectivity index (χ2v) is 13.9. The Kier molecular flexibility index (Phi) is 10.5. The van der Waals surface area contributed by atoms with Gasteiger partial charge in [0.25, 0.3) is 0 Å². The highest BCUT2D eigenvalue weighted by molar-refractivity contribution is 6.29. The van der Waals surface area contributed by atoms with E-state index in [1.54, 1.807) is 6.92 Å². The topological polar surface area (TPSA) is 101 Å². The summed E-state index contributed by atoms with van der Waals surface area (Å²) < 4.78 is 12.0. The number of fused-ring (bicyclic) bond motifs is 2. The lowest BCUT2D eigenvalue weighted by atomic mass is 9.99. The van der Waals surface area contributed by atoms with E-state index in [1.807, 2.05) is 158 Å². The van der Waals surface area contributed by atoms with Crippen LogP contribution in [-0.4, -0.2) is 34.6 Å². The monoisotopic (exact) mass is 668 g/mol. The Labute approximate surface area is 294 Å². The first kappa shape index (κ1) is 35.5. The van der Waals surface area contributed by atoms with Crippen LogP contribution < -0.4 is 10.6 Å². The molecule has 0 spiro atoms. The van der Waals surface area contributed by atoms with Gasteiger partial charge in [-0.25, -0.2) is 14.6 Å². The molecule has 0 saturated heterocycles. The maximum atomic E-state index is 14.2. The largest absolute Gasteiger partial charge is 0.456 e. The van der Waals surface area contributed by atoms with Crippen molar-refractivity contribution in [1.29, 1.82) is 0 Å². The minimum Gasteiger partial charge on any atom is -0.456 e. The van der Waals surface area contributed by atoms with Crippen LogP contribution in [0.25, 0.3) is 5.70 Å². The number of carbonyl (C=O) groups excluding carboxylic acids is 2. The van der Waals surface area contributed by atoms with E-state index < -0.39 is 23.1 Å². The lowest BCUT2D eigenvalue weighted by Crippen LogP contribution is -2.29. The van der Waals surface area contributed by atoms with Gasteiger partial charge in [-0.2, -0.15) is 0 Å². The molecular weight excluding hydrogens is 624 g/mol. The van der Waals surface area contributed by atoms with Crippen molar-refractivity contribution >= 4 is 51.8 Å². The zero-order chi connectivity index (χ0) is 36.1. The van der Waals surface area contributed by atoms with Gasteiger partial charge in [0.1, 0.15) is 22.3 Å². The summed E-state index contributed by atoms with van der Waals surface area (Å²) in [5.74, 6) is -1.06. The van der Waals surface area contributed by atoms with Gasteiger partial charge in [-0.1, -0.05) is 84.9 Å². The molecule has 0 bridgehead atoms. The predicted octanol–water partition coefficient (Wildman–Crippen LogP) is 9.81. The van der Waals surface area contributed by atoms with E-state index in [0.29, 0.717) is 51.1 Å². The Balaban J connectivity index is 1.90. The average Bonchev–Trinajstić information content (AvgIpc) is 3.04. The Morgan fingerprint density at radius 1 is 0.540 bits per heavy atom. The van der Waals surface area contributed by atoms with E-state index in [9.17, 15) is 9.59 Å². The summed E-state index contributed by atoms with van der Waals surface area (Å²) in [5.41, 5.74) is 4.60. The summed E-state index contributed by atoms with van der Waals surface area (Å²) in [6.07, 6.45) is 0. The highest BCUT2D eigenvalue weighted by Gasteiger charge is 2.30. The van der Waals surface area contributed by atoms with Crippen molar-refractivity contribution in [3.05, 3.63) is 137 Å². The molecule has 0 aromatic heterocycles. The van der Waals surface area contributed by atoms with Crippen molar-refractivity contribution in [1.82, 2.24) is 0 Å². The fourth-order valence-corrected chi connectivity index (χ4v) is 5.37. The van der Waals surface area contributed by atoms with Gasteiger partial charge in [-0.05, 0) is 85.2 Å². The molecule has 50 heavy (non-hydrogen) atoms. The third-order valence-electron chi connectivity index (χ3n) is 7.45. The van der Waals surface area contributed by atoms with Gasteiger partial charge in [0, 0.05) is 11.3 Å². The SMILES string of the molecule is CC1=Nc2ccccc2N/C(C)=C(/C(=O)OC(C)(C)C)C(c2ccccc2)=Nc2ccccc2N/C(c2ccccc2)=C\1C(=O)OC(C)(C)C. The second kappa shape index (κ2) is 14.8. The zero-order valence-corrected chi connectivity index (χ0v) is 29.9. The van der Waals surface area contributed by atoms with E-state index in [-0.39, 0.29) is 11.1 Å². The van der Waals surface area contributed by atoms with Crippen LogP contribution in [0.2, 0.25) is 0 Å². The quantitative estimate of drug-likeness (QED) is 0.210. The zero-order valence-electron chi connectivity index (χ0n) is 29.9. The molecule has 1 heterocycles. The first-order valence-electron chi connectivity index (χ1n) is 16.6. The molecule has 8 heteroatoms. The molecule has 0 amide bonds. The molecule has 1 aliphatic rings. The van der Waals surface area contributed by atoms with Crippen LogP contribution in [0.5, 0.6) is 0 Å². The van der Waals surface area contributed by atoms with E-state index in [0.717, 1.165) is 5.56 Å². The molecule has 1 aliphatic heterocycles. The fraction of sp³-hybridized carbons (Fsp3) is 0.238. The molecular formula is C42H44N4O4. The summed E-state index contributed by atoms with van der Waals surface area (Å²) in [5, 5.41) is 6.99. The van der Waals surface area contributed by atoms with E-state index in [2.05, 4.69) is 10.6 Å². The van der Waals surface area contributed by atoms with Crippen LogP contribution in [0.1, 0.15) is 66.5 Å². The number of anilines is 2. The summed E-state index contributed by atoms with van der Waals surface area (Å²) in [6.45, 7) is 14.6. The Bertz CT molecular complexity index is 2010. The van der Waals surface area contributed by atoms with Crippen LogP contribution in [0.3, 0.4) is 0 Å². The second-order valence-electron chi connectivity index (χ2n) is 13.9. The molecule has 0 radical (unpaired) electrons. The van der Waals surface area contributed by atoms with Crippen LogP contribution in [0.15, 0.2) is 136 Å². The summed E-state index contributed by atoms with van der Waals surface area (Å²) in [7, 11) is 0. The van der Waals surface area contributed by atoms with Gasteiger partial charge >= 0.3 is 11.9 Å². The van der Waals surface area contributed by atoms with E-state index >= 15 is 0 Å². The lowest BCUT2D eigenvalue weighted by Gasteiger charge is -2.25. The fourth-order valence-electron chi connectivity index (χ4n) is 5.37. The van der Waals surface area contributed by atoms with Gasteiger partial charge < -0.3 is 20.1 Å². The highest BCUT2D eigenvalue weighted by atomic mass is 16.6. The van der Waals surface area contributed by atoms with Crippen LogP contribution >= 0.6 is 0 Å². The molecule has 0 fully saturated rings. The normalized spacial score (nSPS) is 17.0. The molecule has 2 N–H and O–H groups in total. The Hall–Kier alpha value is -5.76. The van der Waals surface area contributed by atoms with Crippen molar-refractivity contribution in [3.63, 3.8) is 0 Å². The van der Waals surface area contributed by atoms with Gasteiger partial charge in [-0.15, -0.1) is 0 Å². The van der Waals surface area contributed by atoms with Crippen LogP contribution in [0.4, 0.5) is 22.7 Å². The van der Waals surface area contributed by atoms with Gasteiger partial charge in [-0.3, -0.25) is 4.99 Å². The third kappa shape index (κ3) is 8.82. The highest BCUT2D eigenvalue weighted by Crippen LogP contribution is 2.35. The van der Waals surface area contributed by atoms with Crippen LogP contribution in [0, 0.1) is 0 Å². The number of rotatable bonds is 4. The van der Waals surface area contributed by atoms with Gasteiger partial charge in [0.05, 0.1) is 39.9 Å². The number of para-hydroxylation sites is 4. The number of nitrogens with zero attached hydrogens (tertiary/aromatic N) is 2. The number of esters is 2. The molecule has 0 atom stereocenters. The number of benzene rings is 4. The van der Waals surface area contributed by atoms with Crippen molar-refractivity contribution in [2.45, 2.75) is 66.6 Å². The smallest absolute Gasteiger partial charge is 0.342 e. The number of hydrogen-bond donors (Lipinski definition) is 2. The molecule has 0 saturated carbocycles. The molecule has 4 aromatic carbocycles. The third-order valence-corrected chi connectivity index (χ3v) is 7.45. The Morgan fingerprint density at radius 2 is 0.980 bits per heavy atom. The molecule has 0 aliphatic carbocycles. The number of carbonyl (C=O) groups is 2. The molecule has 256 valence electrons. The summed E-state index contributed by atoms with van der Waals surface area (Å²) in [4.78, 5) is 38.6. The standard InChI is InChI=1S/C42H44N4O4/c1-27-35(39(47)49-41(3,4)5)37(29-19-11-9-12-20-29)45-33-25-17-18-26-34(33)46-38(30-21-13-10-14-22-30)36(40(48)50-42(6,7)8)28(2)44-32-24-16-15-23-31(32)43-27/h9-26,43,46H,1-8H3/b35-27+,38-36+,44-28?,45-37?.